The van der Waals surface area contributed by atoms with E-state index in [2.05, 4.69) is 4.98 Å². The van der Waals surface area contributed by atoms with Gasteiger partial charge in [-0.15, -0.1) is 11.3 Å². The van der Waals surface area contributed by atoms with Gasteiger partial charge in [-0.3, -0.25) is 0 Å². The van der Waals surface area contributed by atoms with Crippen LogP contribution in [0.2, 0.25) is 0 Å². The van der Waals surface area contributed by atoms with Crippen LogP contribution in [0.5, 0.6) is 0 Å². The molecule has 0 atom stereocenters. The highest BCUT2D eigenvalue weighted by Crippen LogP contribution is 2.33. The van der Waals surface area contributed by atoms with E-state index in [1.807, 2.05) is 0 Å². The van der Waals surface area contributed by atoms with Crippen LogP contribution in [0.15, 0.2) is 24.3 Å². The molecule has 5 heteroatoms. The minimum absolute atomic E-state index is 0.214. The van der Waals surface area contributed by atoms with Crippen molar-refractivity contribution in [3.05, 3.63) is 35.0 Å². The Labute approximate surface area is 93.1 Å². The van der Waals surface area contributed by atoms with Crippen LogP contribution in [0.1, 0.15) is 9.67 Å². The molecule has 3 rings (SSSR count). The molecule has 0 aliphatic rings. The first-order valence-electron chi connectivity index (χ1n) is 4.60. The SMILES string of the molecule is O=C(O)c1cc2c([nH]c3cccc(F)c32)s1. The zero-order chi connectivity index (χ0) is 11.3. The minimum atomic E-state index is -0.987. The Morgan fingerprint density at radius 1 is 1.44 bits per heavy atom. The van der Waals surface area contributed by atoms with Crippen LogP contribution in [-0.2, 0) is 0 Å². The van der Waals surface area contributed by atoms with Crippen molar-refractivity contribution < 1.29 is 14.3 Å². The highest BCUT2D eigenvalue weighted by atomic mass is 32.1. The predicted octanol–water partition coefficient (Wildman–Crippen LogP) is 3.22. The zero-order valence-corrected chi connectivity index (χ0v) is 8.77. The van der Waals surface area contributed by atoms with E-state index >= 15 is 0 Å². The lowest BCUT2D eigenvalue weighted by atomic mass is 10.2. The lowest BCUT2D eigenvalue weighted by Crippen LogP contribution is -1.89. The number of benzene rings is 1. The van der Waals surface area contributed by atoms with Gasteiger partial charge in [0.1, 0.15) is 15.5 Å². The van der Waals surface area contributed by atoms with Crippen LogP contribution < -0.4 is 0 Å². The quantitative estimate of drug-likeness (QED) is 0.680. The van der Waals surface area contributed by atoms with Gasteiger partial charge in [-0.1, -0.05) is 6.07 Å². The Morgan fingerprint density at radius 2 is 2.25 bits per heavy atom. The summed E-state index contributed by atoms with van der Waals surface area (Å²) in [6, 6.07) is 6.26. The Balaban J connectivity index is 2.46. The monoisotopic (exact) mass is 235 g/mol. The highest BCUT2D eigenvalue weighted by Gasteiger charge is 2.14. The molecule has 0 spiro atoms. The molecule has 0 amide bonds. The number of carboxylic acid groups (broad SMARTS) is 1. The van der Waals surface area contributed by atoms with E-state index in [9.17, 15) is 9.18 Å². The molecule has 2 heterocycles. The number of rotatable bonds is 1. The maximum atomic E-state index is 13.6. The van der Waals surface area contributed by atoms with Gasteiger partial charge in [-0.2, -0.15) is 0 Å². The molecule has 0 unspecified atom stereocenters. The Morgan fingerprint density at radius 3 is 3.00 bits per heavy atom. The molecule has 0 aliphatic heterocycles. The molecule has 0 saturated carbocycles. The molecular formula is C11H6FNO2S. The number of hydrogen-bond donors (Lipinski definition) is 2. The molecule has 3 aromatic rings. The van der Waals surface area contributed by atoms with E-state index in [1.165, 1.54) is 12.1 Å². The molecule has 80 valence electrons. The second kappa shape index (κ2) is 3.05. The summed E-state index contributed by atoms with van der Waals surface area (Å²) in [6.45, 7) is 0. The van der Waals surface area contributed by atoms with Crippen LogP contribution in [0.3, 0.4) is 0 Å². The van der Waals surface area contributed by atoms with Gasteiger partial charge in [0.05, 0.1) is 5.52 Å². The van der Waals surface area contributed by atoms with Crippen molar-refractivity contribution >= 4 is 38.4 Å². The number of hydrogen-bond acceptors (Lipinski definition) is 2. The molecule has 2 N–H and O–H groups in total. The number of fused-ring (bicyclic) bond motifs is 3. The number of aromatic amines is 1. The maximum Gasteiger partial charge on any atom is 0.345 e. The van der Waals surface area contributed by atoms with E-state index in [1.54, 1.807) is 12.1 Å². The average Bonchev–Trinajstić information content (AvgIpc) is 2.73. The van der Waals surface area contributed by atoms with E-state index in [0.717, 1.165) is 11.3 Å². The Bertz CT molecular complexity index is 713. The number of nitrogens with one attached hydrogen (secondary N) is 1. The first kappa shape index (κ1) is 9.35. The molecule has 0 radical (unpaired) electrons. The number of carboxylic acids is 1. The van der Waals surface area contributed by atoms with Crippen molar-refractivity contribution in [2.45, 2.75) is 0 Å². The largest absolute Gasteiger partial charge is 0.477 e. The summed E-state index contributed by atoms with van der Waals surface area (Å²) in [5, 5.41) is 9.94. The molecule has 3 nitrogen and oxygen atoms in total. The Hall–Kier alpha value is -1.88. The topological polar surface area (TPSA) is 53.1 Å². The van der Waals surface area contributed by atoms with E-state index in [-0.39, 0.29) is 10.7 Å². The van der Waals surface area contributed by atoms with E-state index < -0.39 is 5.97 Å². The van der Waals surface area contributed by atoms with E-state index in [0.29, 0.717) is 21.1 Å². The van der Waals surface area contributed by atoms with Crippen LogP contribution in [0.25, 0.3) is 21.1 Å². The van der Waals surface area contributed by atoms with Gasteiger partial charge in [0.25, 0.3) is 0 Å². The number of aromatic nitrogens is 1. The van der Waals surface area contributed by atoms with Crippen molar-refractivity contribution in [1.82, 2.24) is 4.98 Å². The van der Waals surface area contributed by atoms with Crippen molar-refractivity contribution in [2.75, 3.05) is 0 Å². The fourth-order valence-electron chi connectivity index (χ4n) is 1.80. The summed E-state index contributed by atoms with van der Waals surface area (Å²) in [7, 11) is 0. The van der Waals surface area contributed by atoms with Crippen LogP contribution in [-0.4, -0.2) is 16.1 Å². The molecule has 0 bridgehead atoms. The van der Waals surface area contributed by atoms with Gasteiger partial charge in [-0.05, 0) is 18.2 Å². The third-order valence-corrected chi connectivity index (χ3v) is 3.51. The van der Waals surface area contributed by atoms with Gasteiger partial charge in [0.15, 0.2) is 0 Å². The van der Waals surface area contributed by atoms with Crippen LogP contribution in [0.4, 0.5) is 4.39 Å². The lowest BCUT2D eigenvalue weighted by molar-refractivity contribution is 0.0702. The summed E-state index contributed by atoms with van der Waals surface area (Å²) in [4.78, 5) is 14.7. The third kappa shape index (κ3) is 1.15. The average molecular weight is 235 g/mol. The van der Waals surface area contributed by atoms with Crippen LogP contribution >= 0.6 is 11.3 Å². The smallest absolute Gasteiger partial charge is 0.345 e. The first-order valence-corrected chi connectivity index (χ1v) is 5.41. The number of H-pyrrole nitrogens is 1. The molecular weight excluding hydrogens is 229 g/mol. The fourth-order valence-corrected chi connectivity index (χ4v) is 2.72. The molecule has 0 aliphatic carbocycles. The minimum Gasteiger partial charge on any atom is -0.477 e. The number of thiophene rings is 1. The molecule has 0 saturated heterocycles. The summed E-state index contributed by atoms with van der Waals surface area (Å²) in [5.41, 5.74) is 0.693. The molecule has 2 aromatic heterocycles. The fraction of sp³-hybridized carbons (Fsp3) is 0. The van der Waals surface area contributed by atoms with Gasteiger partial charge in [-0.25, -0.2) is 9.18 Å². The van der Waals surface area contributed by atoms with Gasteiger partial charge >= 0.3 is 5.97 Å². The van der Waals surface area contributed by atoms with Gasteiger partial charge in [0, 0.05) is 10.8 Å². The molecule has 0 fully saturated rings. The second-order valence-corrected chi connectivity index (χ2v) is 4.50. The first-order chi connectivity index (χ1) is 7.66. The molecule has 1 aromatic carbocycles. The third-order valence-electron chi connectivity index (χ3n) is 2.47. The second-order valence-electron chi connectivity index (χ2n) is 3.45. The Kier molecular flexibility index (Phi) is 1.79. The standard InChI is InChI=1S/C11H6FNO2S/c12-6-2-1-3-7-9(6)5-4-8(11(14)15)16-10(5)13-7/h1-4,13H,(H,14,15). The number of halogens is 1. The normalized spacial score (nSPS) is 11.3. The summed E-state index contributed by atoms with van der Waals surface area (Å²) in [5.74, 6) is -1.32. The summed E-state index contributed by atoms with van der Waals surface area (Å²) >= 11 is 1.12. The predicted molar refractivity (Wildman–Crippen MR) is 60.6 cm³/mol. The number of aromatic carboxylic acids is 1. The summed E-state index contributed by atoms with van der Waals surface area (Å²) < 4.78 is 13.6. The summed E-state index contributed by atoms with van der Waals surface area (Å²) in [6.07, 6.45) is 0. The lowest BCUT2D eigenvalue weighted by Gasteiger charge is -1.91. The van der Waals surface area contributed by atoms with Crippen LogP contribution in [0, 0.1) is 5.82 Å². The highest BCUT2D eigenvalue weighted by molar-refractivity contribution is 7.20. The van der Waals surface area contributed by atoms with Crippen molar-refractivity contribution in [1.29, 1.82) is 0 Å². The zero-order valence-electron chi connectivity index (χ0n) is 7.95. The van der Waals surface area contributed by atoms with Gasteiger partial charge in [0.2, 0.25) is 0 Å². The van der Waals surface area contributed by atoms with Crippen molar-refractivity contribution in [3.8, 4) is 0 Å². The number of carbonyl (C=O) groups is 1. The van der Waals surface area contributed by atoms with Crippen molar-refractivity contribution in [3.63, 3.8) is 0 Å². The van der Waals surface area contributed by atoms with Crippen molar-refractivity contribution in [2.24, 2.45) is 0 Å². The molecule has 16 heavy (non-hydrogen) atoms. The maximum absolute atomic E-state index is 13.6. The van der Waals surface area contributed by atoms with E-state index in [4.69, 9.17) is 5.11 Å². The van der Waals surface area contributed by atoms with Gasteiger partial charge < -0.3 is 10.1 Å².